The van der Waals surface area contributed by atoms with E-state index in [0.29, 0.717) is 36.6 Å². The van der Waals surface area contributed by atoms with E-state index in [-0.39, 0.29) is 29.6 Å². The molecule has 73 heavy (non-hydrogen) atoms. The van der Waals surface area contributed by atoms with Crippen LogP contribution in [0, 0.1) is 0 Å². The quantitative estimate of drug-likeness (QED) is 0.0621. The number of benzene rings is 2. The molecule has 19 heteroatoms. The highest BCUT2D eigenvalue weighted by atomic mass is 32.1. The van der Waals surface area contributed by atoms with Crippen LogP contribution in [0.15, 0.2) is 120 Å². The van der Waals surface area contributed by atoms with Gasteiger partial charge in [-0.1, -0.05) is 60.7 Å². The third-order valence-electron chi connectivity index (χ3n) is 12.6. The maximum absolute atomic E-state index is 13.4. The summed E-state index contributed by atoms with van der Waals surface area (Å²) in [5.41, 5.74) is 12.4. The number of amides is 1. The molecule has 380 valence electrons. The Morgan fingerprint density at radius 2 is 1.11 bits per heavy atom. The Kier molecular flexibility index (Phi) is 17.9. The van der Waals surface area contributed by atoms with E-state index in [4.69, 9.17) is 10.8 Å². The molecule has 1 amide bonds. The first-order valence-corrected chi connectivity index (χ1v) is 26.3. The van der Waals surface area contributed by atoms with Crippen LogP contribution in [0.3, 0.4) is 0 Å². The topological polar surface area (TPSA) is 222 Å². The molecule has 0 unspecified atom stereocenters. The molecule has 8 aromatic rings. The van der Waals surface area contributed by atoms with Gasteiger partial charge >= 0.3 is 5.97 Å². The summed E-state index contributed by atoms with van der Waals surface area (Å²) in [5, 5.41) is 26.6. The van der Waals surface area contributed by atoms with E-state index in [1.807, 2.05) is 85.2 Å². The minimum atomic E-state index is -1.10. The predicted molar refractivity (Wildman–Crippen MR) is 288 cm³/mol. The zero-order valence-electron chi connectivity index (χ0n) is 41.3. The molecule has 2 aromatic carbocycles. The molecular weight excluding hydrogens is 961 g/mol. The molecule has 17 nitrogen and oxygen atoms in total. The van der Waals surface area contributed by atoms with Crippen molar-refractivity contribution in [2.24, 2.45) is 19.8 Å². The van der Waals surface area contributed by atoms with Gasteiger partial charge in [-0.15, -0.1) is 22.7 Å². The van der Waals surface area contributed by atoms with Gasteiger partial charge in [-0.2, -0.15) is 10.2 Å². The van der Waals surface area contributed by atoms with Gasteiger partial charge in [0.2, 0.25) is 5.91 Å². The summed E-state index contributed by atoms with van der Waals surface area (Å²) in [6.45, 7) is 1.74. The molecule has 6 N–H and O–H groups in total. The van der Waals surface area contributed by atoms with Gasteiger partial charge in [0.05, 0.1) is 42.7 Å². The fourth-order valence-electron chi connectivity index (χ4n) is 8.85. The SMILES string of the molecule is Cn1cc(-c2cnc(NCCc3ccccc3)c(=O)n2CC(=O)NCc2cc3c(s2)CCCC3)cn1.Cn1cc(-c2cnc(NCCc3ccccc3)c(=O)n2CC(=O)O)cn1.NCc1cc2c(s1)CCCC2. The highest BCUT2D eigenvalue weighted by Crippen LogP contribution is 2.30. The van der Waals surface area contributed by atoms with Gasteiger partial charge < -0.3 is 26.8 Å². The molecule has 10 rings (SSSR count). The number of aromatic nitrogens is 8. The van der Waals surface area contributed by atoms with E-state index >= 15 is 0 Å². The Morgan fingerprint density at radius 3 is 1.56 bits per heavy atom. The second-order valence-corrected chi connectivity index (χ2v) is 20.5. The molecule has 0 saturated carbocycles. The Hall–Kier alpha value is -7.48. The number of rotatable bonds is 17. The minimum absolute atomic E-state index is 0.0932. The number of anilines is 2. The Morgan fingerprint density at radius 1 is 0.644 bits per heavy atom. The number of carboxylic acid groups (broad SMARTS) is 1. The lowest BCUT2D eigenvalue weighted by Crippen LogP contribution is -2.34. The average Bonchev–Trinajstić information content (AvgIpc) is 4.23. The molecule has 0 fully saturated rings. The Labute approximate surface area is 431 Å². The second-order valence-electron chi connectivity index (χ2n) is 18.0. The first kappa shape index (κ1) is 51.9. The molecule has 0 atom stereocenters. The number of aliphatic carboxylic acids is 1. The van der Waals surface area contributed by atoms with Crippen molar-refractivity contribution in [1.29, 1.82) is 0 Å². The van der Waals surface area contributed by atoms with Gasteiger partial charge in [0.15, 0.2) is 11.6 Å². The Balaban J connectivity index is 0.000000166. The van der Waals surface area contributed by atoms with Crippen LogP contribution in [-0.4, -0.2) is 68.7 Å². The highest BCUT2D eigenvalue weighted by Gasteiger charge is 2.19. The largest absolute Gasteiger partial charge is 0.480 e. The lowest BCUT2D eigenvalue weighted by Gasteiger charge is -2.14. The molecule has 0 aliphatic heterocycles. The van der Waals surface area contributed by atoms with Crippen LogP contribution >= 0.6 is 22.7 Å². The summed E-state index contributed by atoms with van der Waals surface area (Å²) in [6.07, 6.45) is 21.4. The Bertz CT molecular complexity index is 3180. The normalized spacial score (nSPS) is 12.6. The molecule has 0 radical (unpaired) electrons. The summed E-state index contributed by atoms with van der Waals surface area (Å²) in [5.74, 6) is -0.944. The number of nitrogens with two attached hydrogens (primary N) is 1. The summed E-state index contributed by atoms with van der Waals surface area (Å²) < 4.78 is 5.91. The zero-order chi connectivity index (χ0) is 51.1. The molecule has 2 aliphatic carbocycles. The van der Waals surface area contributed by atoms with Gasteiger partial charge in [0.25, 0.3) is 11.1 Å². The summed E-state index contributed by atoms with van der Waals surface area (Å²) in [7, 11) is 3.56. The van der Waals surface area contributed by atoms with Crippen molar-refractivity contribution in [2.75, 3.05) is 23.7 Å². The number of aryl methyl sites for hydroxylation is 6. The molecule has 0 saturated heterocycles. The monoisotopic (exact) mass is 1020 g/mol. The van der Waals surface area contributed by atoms with Crippen LogP contribution < -0.4 is 32.8 Å². The van der Waals surface area contributed by atoms with Crippen molar-refractivity contribution in [3.05, 3.63) is 172 Å². The fraction of sp³-hybridized carbons (Fsp3) is 0.333. The number of carbonyl (C=O) groups is 2. The van der Waals surface area contributed by atoms with Gasteiger partial charge in [0, 0.05) is 76.8 Å². The maximum atomic E-state index is 13.4. The molecule has 0 spiro atoms. The second kappa shape index (κ2) is 25.3. The molecule has 6 heterocycles. The van der Waals surface area contributed by atoms with Gasteiger partial charge in [0.1, 0.15) is 13.1 Å². The predicted octanol–water partition coefficient (Wildman–Crippen LogP) is 7.02. The van der Waals surface area contributed by atoms with E-state index < -0.39 is 18.1 Å². The number of hydrogen-bond acceptors (Lipinski definition) is 13. The van der Waals surface area contributed by atoms with E-state index in [0.717, 1.165) is 48.2 Å². The van der Waals surface area contributed by atoms with Crippen LogP contribution in [0.25, 0.3) is 22.5 Å². The van der Waals surface area contributed by atoms with Gasteiger partial charge in [-0.25, -0.2) is 9.97 Å². The number of hydrogen-bond donors (Lipinski definition) is 5. The first-order valence-electron chi connectivity index (χ1n) is 24.6. The number of thiophene rings is 2. The van der Waals surface area contributed by atoms with Crippen molar-refractivity contribution in [1.82, 2.24) is 44.0 Å². The number of carboxylic acids is 1. The summed E-state index contributed by atoms with van der Waals surface area (Å²) >= 11 is 3.70. The third-order valence-corrected chi connectivity index (χ3v) is 15.1. The van der Waals surface area contributed by atoms with Crippen molar-refractivity contribution < 1.29 is 14.7 Å². The van der Waals surface area contributed by atoms with Crippen molar-refractivity contribution in [2.45, 2.75) is 90.4 Å². The first-order chi connectivity index (χ1) is 35.5. The minimum Gasteiger partial charge on any atom is -0.480 e. The zero-order valence-corrected chi connectivity index (χ0v) is 42.9. The van der Waals surface area contributed by atoms with Crippen LogP contribution in [0.5, 0.6) is 0 Å². The molecule has 6 aromatic heterocycles. The van der Waals surface area contributed by atoms with Gasteiger partial charge in [-0.3, -0.25) is 37.7 Å². The van der Waals surface area contributed by atoms with Crippen LogP contribution in [0.1, 0.15) is 67.4 Å². The van der Waals surface area contributed by atoms with Crippen LogP contribution in [0.2, 0.25) is 0 Å². The molecular formula is C54H62N12O5S2. The smallest absolute Gasteiger partial charge is 0.323 e. The van der Waals surface area contributed by atoms with E-state index in [9.17, 15) is 19.2 Å². The van der Waals surface area contributed by atoms with Crippen LogP contribution in [-0.2, 0) is 88.4 Å². The molecule has 2 aliphatic rings. The van der Waals surface area contributed by atoms with Crippen molar-refractivity contribution in [3.63, 3.8) is 0 Å². The number of fused-ring (bicyclic) bond motifs is 2. The standard InChI is InChI=1S/C27H30N6O2S.C18H19N5O3.C9H13NS/c1-32-17-21(14-31-32)23-16-30-26(28-12-11-19-7-3-2-4-8-19)27(35)33(23)18-25(34)29-15-22-13-20-9-5-6-10-24(20)36-22;1-22-11-14(9-21-22)15-10-20-17(18(26)23(15)12-16(24)25)19-8-7-13-5-3-2-4-6-13;10-6-8-5-7-3-1-2-4-9(7)11-8/h2-4,7-8,13-14,16-17H,5-6,9-12,15,18H2,1H3,(H,28,30)(H,29,34);2-6,9-11H,7-8,12H2,1H3,(H,19,20)(H,24,25);5H,1-4,6,10H2. The number of nitrogens with one attached hydrogen (secondary N) is 3. The number of carbonyl (C=O) groups excluding carboxylic acids is 1. The fourth-order valence-corrected chi connectivity index (χ4v) is 11.2. The lowest BCUT2D eigenvalue weighted by atomic mass is 9.99. The van der Waals surface area contributed by atoms with E-state index in [2.05, 4.69) is 48.2 Å². The van der Waals surface area contributed by atoms with Crippen LogP contribution in [0.4, 0.5) is 11.6 Å². The number of nitrogens with zero attached hydrogens (tertiary/aromatic N) is 8. The lowest BCUT2D eigenvalue weighted by molar-refractivity contribution is -0.137. The average molecular weight is 1020 g/mol. The van der Waals surface area contributed by atoms with E-state index in [1.165, 1.54) is 74.7 Å². The summed E-state index contributed by atoms with van der Waals surface area (Å²) in [6, 6.07) is 24.4. The molecule has 0 bridgehead atoms. The maximum Gasteiger partial charge on any atom is 0.323 e. The van der Waals surface area contributed by atoms with Crippen molar-refractivity contribution in [3.8, 4) is 22.5 Å². The highest BCUT2D eigenvalue weighted by molar-refractivity contribution is 7.12. The van der Waals surface area contributed by atoms with Gasteiger partial charge in [-0.05, 0) is 98.6 Å². The summed E-state index contributed by atoms with van der Waals surface area (Å²) in [4.78, 5) is 64.4. The van der Waals surface area contributed by atoms with E-state index in [1.54, 1.807) is 63.0 Å². The third kappa shape index (κ3) is 14.1. The van der Waals surface area contributed by atoms with Crippen molar-refractivity contribution >= 4 is 46.2 Å².